The van der Waals surface area contributed by atoms with Crippen LogP contribution in [0.1, 0.15) is 12.6 Å². The number of hydrogen-bond donors (Lipinski definition) is 0. The van der Waals surface area contributed by atoms with Crippen LogP contribution in [0.4, 0.5) is 0 Å². The highest BCUT2D eigenvalue weighted by Gasteiger charge is 2.11. The molecule has 4 nitrogen and oxygen atoms in total. The molecule has 0 aliphatic rings. The Labute approximate surface area is 139 Å². The van der Waals surface area contributed by atoms with E-state index in [0.29, 0.717) is 11.8 Å². The summed E-state index contributed by atoms with van der Waals surface area (Å²) in [5.41, 5.74) is 2.74. The van der Waals surface area contributed by atoms with E-state index in [0.717, 1.165) is 22.3 Å². The molecule has 0 saturated carbocycles. The number of rotatable bonds is 4. The van der Waals surface area contributed by atoms with Crippen LogP contribution in [0.25, 0.3) is 22.7 Å². The third-order valence-electron chi connectivity index (χ3n) is 3.40. The van der Waals surface area contributed by atoms with Crippen molar-refractivity contribution in [2.45, 2.75) is 6.92 Å². The number of pyridine rings is 1. The van der Waals surface area contributed by atoms with Crippen molar-refractivity contribution in [2.24, 2.45) is 0 Å². The predicted molar refractivity (Wildman–Crippen MR) is 91.7 cm³/mol. The summed E-state index contributed by atoms with van der Waals surface area (Å²) < 4.78 is 6.96. The number of carbonyl (C=O) groups excluding carboxylic acids is 1. The van der Waals surface area contributed by atoms with E-state index in [1.807, 2.05) is 47.0 Å². The van der Waals surface area contributed by atoms with Crippen molar-refractivity contribution in [3.63, 3.8) is 0 Å². The van der Waals surface area contributed by atoms with Gasteiger partial charge in [0.25, 0.3) is 0 Å². The van der Waals surface area contributed by atoms with Gasteiger partial charge in [0.15, 0.2) is 0 Å². The molecule has 3 aromatic rings. The van der Waals surface area contributed by atoms with Crippen LogP contribution in [0.3, 0.4) is 0 Å². The maximum absolute atomic E-state index is 11.6. The van der Waals surface area contributed by atoms with Crippen molar-refractivity contribution < 1.29 is 9.53 Å². The largest absolute Gasteiger partial charge is 0.463 e. The minimum atomic E-state index is -0.374. The highest BCUT2D eigenvalue weighted by molar-refractivity contribution is 6.34. The number of esters is 1. The molecule has 0 amide bonds. The summed E-state index contributed by atoms with van der Waals surface area (Å²) in [6.07, 6.45) is 4.81. The molecular formula is C18H15ClN2O2. The van der Waals surface area contributed by atoms with Gasteiger partial charge in [0.1, 0.15) is 5.15 Å². The van der Waals surface area contributed by atoms with Gasteiger partial charge in [-0.05, 0) is 37.3 Å². The lowest BCUT2D eigenvalue weighted by atomic mass is 10.3. The van der Waals surface area contributed by atoms with E-state index >= 15 is 0 Å². The fourth-order valence-electron chi connectivity index (χ4n) is 2.45. The zero-order valence-electron chi connectivity index (χ0n) is 12.6. The van der Waals surface area contributed by atoms with Gasteiger partial charge in [-0.1, -0.05) is 29.8 Å². The number of nitrogens with zero attached hydrogens (tertiary/aromatic N) is 2. The van der Waals surface area contributed by atoms with Crippen molar-refractivity contribution in [3.05, 3.63) is 65.6 Å². The minimum absolute atomic E-state index is 0.348. The lowest BCUT2D eigenvalue weighted by Crippen LogP contribution is -2.00. The van der Waals surface area contributed by atoms with E-state index in [2.05, 4.69) is 4.98 Å². The molecule has 3 rings (SSSR count). The molecule has 23 heavy (non-hydrogen) atoms. The highest BCUT2D eigenvalue weighted by Crippen LogP contribution is 2.29. The van der Waals surface area contributed by atoms with Crippen LogP contribution in [-0.2, 0) is 9.53 Å². The molecule has 0 aliphatic heterocycles. The molecule has 0 unspecified atom stereocenters. The fraction of sp³-hybridized carbons (Fsp3) is 0.111. The predicted octanol–water partition coefficient (Wildman–Crippen LogP) is 4.26. The number of ether oxygens (including phenoxy) is 1. The molecule has 0 radical (unpaired) electrons. The Bertz CT molecular complexity index is 869. The first-order valence-corrected chi connectivity index (χ1v) is 7.64. The van der Waals surface area contributed by atoms with Crippen molar-refractivity contribution in [1.29, 1.82) is 0 Å². The molecule has 0 bridgehead atoms. The van der Waals surface area contributed by atoms with Gasteiger partial charge in [0.05, 0.1) is 12.1 Å². The van der Waals surface area contributed by atoms with Crippen LogP contribution in [0.5, 0.6) is 0 Å². The molecule has 0 aliphatic carbocycles. The lowest BCUT2D eigenvalue weighted by molar-refractivity contribution is -0.137. The summed E-state index contributed by atoms with van der Waals surface area (Å²) >= 11 is 6.20. The van der Waals surface area contributed by atoms with Gasteiger partial charge in [-0.15, -0.1) is 0 Å². The number of hydrogen-bond acceptors (Lipinski definition) is 3. The van der Waals surface area contributed by atoms with E-state index in [-0.39, 0.29) is 5.97 Å². The summed E-state index contributed by atoms with van der Waals surface area (Å²) in [6, 6.07) is 13.7. The van der Waals surface area contributed by atoms with Crippen molar-refractivity contribution in [2.75, 3.05) is 6.61 Å². The van der Waals surface area contributed by atoms with Gasteiger partial charge in [-0.2, -0.15) is 0 Å². The summed E-state index contributed by atoms with van der Waals surface area (Å²) in [4.78, 5) is 15.7. The molecule has 0 fully saturated rings. The molecule has 2 aromatic heterocycles. The van der Waals surface area contributed by atoms with Crippen LogP contribution in [0.15, 0.2) is 54.7 Å². The Morgan fingerprint density at radius 1 is 1.30 bits per heavy atom. The van der Waals surface area contributed by atoms with E-state index in [1.165, 1.54) is 6.08 Å². The average molecular weight is 327 g/mol. The molecular weight excluding hydrogens is 312 g/mol. The van der Waals surface area contributed by atoms with E-state index in [4.69, 9.17) is 16.3 Å². The van der Waals surface area contributed by atoms with E-state index in [9.17, 15) is 4.79 Å². The number of halogens is 1. The lowest BCUT2D eigenvalue weighted by Gasteiger charge is -2.08. The first-order chi connectivity index (χ1) is 11.2. The maximum Gasteiger partial charge on any atom is 0.330 e. The maximum atomic E-state index is 11.6. The van der Waals surface area contributed by atoms with Gasteiger partial charge < -0.3 is 9.30 Å². The topological polar surface area (TPSA) is 44.1 Å². The number of para-hydroxylation sites is 1. The second-order valence-corrected chi connectivity index (χ2v) is 5.22. The molecule has 1 aromatic carbocycles. The molecule has 5 heteroatoms. The second kappa shape index (κ2) is 6.67. The van der Waals surface area contributed by atoms with E-state index in [1.54, 1.807) is 19.2 Å². The van der Waals surface area contributed by atoms with Crippen LogP contribution in [0, 0.1) is 0 Å². The molecule has 0 saturated heterocycles. The quantitative estimate of drug-likeness (QED) is 0.409. The van der Waals surface area contributed by atoms with Gasteiger partial charge in [0, 0.05) is 29.0 Å². The Kier molecular flexibility index (Phi) is 4.44. The number of carbonyl (C=O) groups is 1. The fourth-order valence-corrected chi connectivity index (χ4v) is 2.66. The highest BCUT2D eigenvalue weighted by atomic mass is 35.5. The Morgan fingerprint density at radius 3 is 2.83 bits per heavy atom. The Balaban J connectivity index is 2.17. The first-order valence-electron chi connectivity index (χ1n) is 7.27. The van der Waals surface area contributed by atoms with Gasteiger partial charge in [-0.25, -0.2) is 9.78 Å². The van der Waals surface area contributed by atoms with Crippen LogP contribution >= 0.6 is 11.6 Å². The van der Waals surface area contributed by atoms with Crippen molar-refractivity contribution in [1.82, 2.24) is 9.55 Å². The summed E-state index contributed by atoms with van der Waals surface area (Å²) in [6.45, 7) is 2.12. The van der Waals surface area contributed by atoms with Crippen molar-refractivity contribution >= 4 is 34.5 Å². The van der Waals surface area contributed by atoms with Crippen LogP contribution in [-0.4, -0.2) is 22.1 Å². The molecule has 0 spiro atoms. The van der Waals surface area contributed by atoms with Gasteiger partial charge >= 0.3 is 5.97 Å². The third-order valence-corrected chi connectivity index (χ3v) is 3.70. The number of aromatic nitrogens is 2. The van der Waals surface area contributed by atoms with Crippen molar-refractivity contribution in [3.8, 4) is 5.69 Å². The minimum Gasteiger partial charge on any atom is -0.463 e. The van der Waals surface area contributed by atoms with Gasteiger partial charge in [-0.3, -0.25) is 0 Å². The first kappa shape index (κ1) is 15.3. The molecule has 116 valence electrons. The zero-order chi connectivity index (χ0) is 16.2. The zero-order valence-corrected chi connectivity index (χ0v) is 13.3. The monoisotopic (exact) mass is 326 g/mol. The summed E-state index contributed by atoms with van der Waals surface area (Å²) in [5.74, 6) is -0.374. The molecule has 0 atom stereocenters. The normalized spacial score (nSPS) is 11.2. The third kappa shape index (κ3) is 3.12. The standard InChI is InChI=1S/C18H15ClN2O2/c1-2-23-17(22)9-8-14-12-15-16(10-11-20-18(15)19)21(14)13-6-4-3-5-7-13/h3-12H,2H2,1H3. The van der Waals surface area contributed by atoms with Gasteiger partial charge in [0.2, 0.25) is 0 Å². The smallest absolute Gasteiger partial charge is 0.330 e. The number of fused-ring (bicyclic) bond motifs is 1. The SMILES string of the molecule is CCOC(=O)C=Cc1cc2c(Cl)nccc2n1-c1ccccc1. The molecule has 2 heterocycles. The summed E-state index contributed by atoms with van der Waals surface area (Å²) in [7, 11) is 0. The van der Waals surface area contributed by atoms with E-state index < -0.39 is 0 Å². The Morgan fingerprint density at radius 2 is 2.09 bits per heavy atom. The van der Waals surface area contributed by atoms with Crippen LogP contribution < -0.4 is 0 Å². The van der Waals surface area contributed by atoms with Crippen LogP contribution in [0.2, 0.25) is 5.15 Å². The molecule has 0 N–H and O–H groups in total. The summed E-state index contributed by atoms with van der Waals surface area (Å²) in [5, 5.41) is 1.27. The number of benzene rings is 1. The Hall–Kier alpha value is -2.59. The average Bonchev–Trinajstić information content (AvgIpc) is 2.94. The second-order valence-electron chi connectivity index (χ2n) is 4.86.